The predicted molar refractivity (Wildman–Crippen MR) is 70.2 cm³/mol. The summed E-state index contributed by atoms with van der Waals surface area (Å²) in [7, 11) is 3.35. The molecule has 2 amide bonds. The average molecular weight is 256 g/mol. The number of likely N-dealkylation sites (N-methyl/N-ethyl adjacent to an activating group) is 1. The highest BCUT2D eigenvalue weighted by Crippen LogP contribution is 2.14. The largest absolute Gasteiger partial charge is 0.347 e. The molecule has 0 spiro atoms. The van der Waals surface area contributed by atoms with Gasteiger partial charge in [-0.2, -0.15) is 0 Å². The van der Waals surface area contributed by atoms with Crippen LogP contribution < -0.4 is 10.6 Å². The fourth-order valence-corrected chi connectivity index (χ4v) is 1.90. The molecular formula is C12H24N4O2. The summed E-state index contributed by atoms with van der Waals surface area (Å²) in [5.41, 5.74) is -0.575. The Labute approximate surface area is 109 Å². The van der Waals surface area contributed by atoms with Crippen molar-refractivity contribution in [3.63, 3.8) is 0 Å². The van der Waals surface area contributed by atoms with Crippen LogP contribution in [-0.4, -0.2) is 74.0 Å². The molecule has 0 atom stereocenters. The van der Waals surface area contributed by atoms with Gasteiger partial charge in [0.15, 0.2) is 0 Å². The summed E-state index contributed by atoms with van der Waals surface area (Å²) in [6.45, 7) is 7.34. The van der Waals surface area contributed by atoms with Crippen molar-refractivity contribution in [1.29, 1.82) is 0 Å². The maximum Gasteiger partial charge on any atom is 0.241 e. The zero-order valence-electron chi connectivity index (χ0n) is 11.7. The Morgan fingerprint density at radius 3 is 2.33 bits per heavy atom. The summed E-state index contributed by atoms with van der Waals surface area (Å²) in [5, 5.41) is 5.97. The molecule has 0 aliphatic carbocycles. The van der Waals surface area contributed by atoms with Crippen molar-refractivity contribution < 1.29 is 9.59 Å². The van der Waals surface area contributed by atoms with Gasteiger partial charge < -0.3 is 15.5 Å². The fraction of sp³-hybridized carbons (Fsp3) is 0.833. The molecule has 0 aromatic rings. The number of nitrogens with zero attached hydrogens (tertiary/aromatic N) is 2. The highest BCUT2D eigenvalue weighted by Gasteiger charge is 2.35. The van der Waals surface area contributed by atoms with Crippen molar-refractivity contribution in [3.05, 3.63) is 0 Å². The molecule has 0 bridgehead atoms. The van der Waals surface area contributed by atoms with E-state index in [4.69, 9.17) is 0 Å². The van der Waals surface area contributed by atoms with Crippen LogP contribution in [0.2, 0.25) is 0 Å². The van der Waals surface area contributed by atoms with Crippen LogP contribution in [0.1, 0.15) is 13.8 Å². The van der Waals surface area contributed by atoms with Crippen LogP contribution >= 0.6 is 0 Å². The third-order valence-corrected chi connectivity index (χ3v) is 3.36. The smallest absolute Gasteiger partial charge is 0.241 e. The second-order valence-electron chi connectivity index (χ2n) is 5.27. The van der Waals surface area contributed by atoms with Gasteiger partial charge >= 0.3 is 0 Å². The summed E-state index contributed by atoms with van der Waals surface area (Å²) in [6, 6.07) is 0. The van der Waals surface area contributed by atoms with Crippen molar-refractivity contribution in [2.45, 2.75) is 19.4 Å². The molecule has 1 aliphatic rings. The molecule has 0 saturated carbocycles. The lowest BCUT2D eigenvalue weighted by Gasteiger charge is -2.39. The molecular weight excluding hydrogens is 232 g/mol. The van der Waals surface area contributed by atoms with Gasteiger partial charge in [-0.05, 0) is 13.8 Å². The summed E-state index contributed by atoms with van der Waals surface area (Å²) < 4.78 is 0. The molecule has 0 unspecified atom stereocenters. The molecule has 2 N–H and O–H groups in total. The van der Waals surface area contributed by atoms with Crippen LogP contribution in [0.15, 0.2) is 0 Å². The van der Waals surface area contributed by atoms with Crippen molar-refractivity contribution in [2.24, 2.45) is 0 Å². The Bertz CT molecular complexity index is 309. The van der Waals surface area contributed by atoms with Crippen LogP contribution in [0.5, 0.6) is 0 Å². The van der Waals surface area contributed by atoms with Crippen LogP contribution in [-0.2, 0) is 9.59 Å². The SMILES string of the molecule is CN(C)C(=O)CNC(=O)C(C)(C)N1CCNCC1. The number of carbonyl (C=O) groups is 2. The van der Waals surface area contributed by atoms with E-state index in [0.29, 0.717) is 0 Å². The molecule has 1 saturated heterocycles. The van der Waals surface area contributed by atoms with E-state index in [9.17, 15) is 9.59 Å². The summed E-state index contributed by atoms with van der Waals surface area (Å²) in [4.78, 5) is 27.2. The number of rotatable bonds is 4. The van der Waals surface area contributed by atoms with Crippen molar-refractivity contribution in [3.8, 4) is 0 Å². The van der Waals surface area contributed by atoms with Gasteiger partial charge in [0.1, 0.15) is 0 Å². The van der Waals surface area contributed by atoms with E-state index in [2.05, 4.69) is 15.5 Å². The van der Waals surface area contributed by atoms with E-state index < -0.39 is 5.54 Å². The molecule has 0 radical (unpaired) electrons. The van der Waals surface area contributed by atoms with Gasteiger partial charge in [0.25, 0.3) is 0 Å². The minimum atomic E-state index is -0.575. The molecule has 104 valence electrons. The zero-order valence-corrected chi connectivity index (χ0v) is 11.7. The third kappa shape index (κ3) is 3.68. The second-order valence-corrected chi connectivity index (χ2v) is 5.27. The fourth-order valence-electron chi connectivity index (χ4n) is 1.90. The van der Waals surface area contributed by atoms with Gasteiger partial charge in [-0.1, -0.05) is 0 Å². The Balaban J connectivity index is 2.50. The minimum Gasteiger partial charge on any atom is -0.347 e. The Morgan fingerprint density at radius 1 is 1.28 bits per heavy atom. The quantitative estimate of drug-likeness (QED) is 0.668. The number of hydrogen-bond donors (Lipinski definition) is 2. The van der Waals surface area contributed by atoms with Crippen LogP contribution in [0, 0.1) is 0 Å². The first-order valence-electron chi connectivity index (χ1n) is 6.30. The van der Waals surface area contributed by atoms with E-state index >= 15 is 0 Å². The molecule has 1 aliphatic heterocycles. The summed E-state index contributed by atoms with van der Waals surface area (Å²) >= 11 is 0. The predicted octanol–water partition coefficient (Wildman–Crippen LogP) is -1.13. The van der Waals surface area contributed by atoms with Gasteiger partial charge in [0.2, 0.25) is 11.8 Å². The van der Waals surface area contributed by atoms with Crippen LogP contribution in [0.25, 0.3) is 0 Å². The van der Waals surface area contributed by atoms with E-state index in [0.717, 1.165) is 26.2 Å². The average Bonchev–Trinajstić information content (AvgIpc) is 2.36. The Kier molecular flexibility index (Phi) is 5.10. The van der Waals surface area contributed by atoms with Gasteiger partial charge in [-0.3, -0.25) is 14.5 Å². The second kappa shape index (κ2) is 6.15. The van der Waals surface area contributed by atoms with Crippen molar-refractivity contribution >= 4 is 11.8 Å². The molecule has 1 heterocycles. The standard InChI is InChI=1S/C12H24N4O2/c1-12(2,16-7-5-13-6-8-16)11(18)14-9-10(17)15(3)4/h13H,5-9H2,1-4H3,(H,14,18). The zero-order chi connectivity index (χ0) is 13.8. The van der Waals surface area contributed by atoms with Crippen molar-refractivity contribution in [1.82, 2.24) is 20.4 Å². The number of amides is 2. The van der Waals surface area contributed by atoms with E-state index in [1.165, 1.54) is 4.90 Å². The first kappa shape index (κ1) is 14.9. The van der Waals surface area contributed by atoms with Gasteiger partial charge in [0, 0.05) is 40.3 Å². The van der Waals surface area contributed by atoms with Gasteiger partial charge in [-0.15, -0.1) is 0 Å². The van der Waals surface area contributed by atoms with Crippen LogP contribution in [0.3, 0.4) is 0 Å². The van der Waals surface area contributed by atoms with Gasteiger partial charge in [-0.25, -0.2) is 0 Å². The number of carbonyl (C=O) groups excluding carboxylic acids is 2. The molecule has 1 rings (SSSR count). The van der Waals surface area contributed by atoms with Gasteiger partial charge in [0.05, 0.1) is 12.1 Å². The molecule has 18 heavy (non-hydrogen) atoms. The molecule has 6 nitrogen and oxygen atoms in total. The normalized spacial score (nSPS) is 17.3. The monoisotopic (exact) mass is 256 g/mol. The minimum absolute atomic E-state index is 0.0569. The van der Waals surface area contributed by atoms with Crippen LogP contribution in [0.4, 0.5) is 0 Å². The lowest BCUT2D eigenvalue weighted by atomic mass is 10.0. The first-order valence-corrected chi connectivity index (χ1v) is 6.30. The Hall–Kier alpha value is -1.14. The summed E-state index contributed by atoms with van der Waals surface area (Å²) in [5.74, 6) is -0.195. The van der Waals surface area contributed by atoms with E-state index in [1.54, 1.807) is 14.1 Å². The lowest BCUT2D eigenvalue weighted by Crippen LogP contribution is -2.60. The lowest BCUT2D eigenvalue weighted by molar-refractivity contribution is -0.136. The highest BCUT2D eigenvalue weighted by molar-refractivity contribution is 5.89. The maximum atomic E-state index is 12.1. The summed E-state index contributed by atoms with van der Waals surface area (Å²) in [6.07, 6.45) is 0. The Morgan fingerprint density at radius 2 is 1.83 bits per heavy atom. The van der Waals surface area contributed by atoms with Crippen molar-refractivity contribution in [2.75, 3.05) is 46.8 Å². The topological polar surface area (TPSA) is 64.7 Å². The van der Waals surface area contributed by atoms with E-state index in [1.807, 2.05) is 13.8 Å². The molecule has 1 fully saturated rings. The number of hydrogen-bond acceptors (Lipinski definition) is 4. The first-order chi connectivity index (χ1) is 8.35. The molecule has 0 aromatic carbocycles. The number of piperazine rings is 1. The maximum absolute atomic E-state index is 12.1. The molecule has 6 heteroatoms. The van der Waals surface area contributed by atoms with E-state index in [-0.39, 0.29) is 18.4 Å². The highest BCUT2D eigenvalue weighted by atomic mass is 16.2. The number of nitrogens with one attached hydrogen (secondary N) is 2. The third-order valence-electron chi connectivity index (χ3n) is 3.36. The molecule has 0 aromatic heterocycles.